The van der Waals surface area contributed by atoms with Crippen LogP contribution in [0.25, 0.3) is 11.0 Å². The van der Waals surface area contributed by atoms with Crippen LogP contribution >= 0.6 is 11.3 Å². The molecule has 120 valence electrons. The van der Waals surface area contributed by atoms with Crippen molar-refractivity contribution in [3.63, 3.8) is 0 Å². The normalized spacial score (nSPS) is 11.0. The highest BCUT2D eigenvalue weighted by atomic mass is 32.1. The first-order chi connectivity index (χ1) is 11.2. The molecule has 0 N–H and O–H groups in total. The Kier molecular flexibility index (Phi) is 4.82. The van der Waals surface area contributed by atoms with E-state index in [0.717, 1.165) is 35.1 Å². The van der Waals surface area contributed by atoms with Gasteiger partial charge >= 0.3 is 0 Å². The number of carbonyl (C=O) groups excluding carboxylic acids is 1. The first-order valence-electron chi connectivity index (χ1n) is 7.93. The maximum absolute atomic E-state index is 12.4. The van der Waals surface area contributed by atoms with E-state index < -0.39 is 0 Å². The molecule has 0 atom stereocenters. The highest BCUT2D eigenvalue weighted by molar-refractivity contribution is 7.07. The number of hydrogen-bond acceptors (Lipinski definition) is 3. The zero-order valence-corrected chi connectivity index (χ0v) is 14.4. The van der Waals surface area contributed by atoms with E-state index in [1.807, 2.05) is 30.1 Å². The van der Waals surface area contributed by atoms with Crippen molar-refractivity contribution in [1.82, 2.24) is 4.90 Å². The first-order valence-corrected chi connectivity index (χ1v) is 8.87. The van der Waals surface area contributed by atoms with Crippen LogP contribution in [0.2, 0.25) is 0 Å². The number of benzene rings is 1. The number of carbonyl (C=O) groups is 1. The zero-order valence-electron chi connectivity index (χ0n) is 13.5. The third kappa shape index (κ3) is 3.48. The van der Waals surface area contributed by atoms with Crippen LogP contribution in [0, 0.1) is 0 Å². The number of rotatable bonds is 6. The molecule has 2 aromatic heterocycles. The second-order valence-corrected chi connectivity index (χ2v) is 6.51. The third-order valence-corrected chi connectivity index (χ3v) is 4.86. The van der Waals surface area contributed by atoms with E-state index in [0.29, 0.717) is 13.0 Å². The van der Waals surface area contributed by atoms with E-state index in [1.54, 1.807) is 11.3 Å². The molecule has 0 saturated heterocycles. The van der Waals surface area contributed by atoms with E-state index in [2.05, 4.69) is 29.8 Å². The minimum Gasteiger partial charge on any atom is -0.461 e. The van der Waals surface area contributed by atoms with E-state index in [9.17, 15) is 4.79 Å². The highest BCUT2D eigenvalue weighted by Gasteiger charge is 2.17. The summed E-state index contributed by atoms with van der Waals surface area (Å²) in [7, 11) is 1.87. The van der Waals surface area contributed by atoms with Crippen LogP contribution in [0.15, 0.2) is 45.5 Å². The van der Waals surface area contributed by atoms with Crippen molar-refractivity contribution in [2.45, 2.75) is 32.7 Å². The standard InChI is InChI=1S/C19H21NO2S/c1-3-17-16(15-6-4-5-7-18(15)22-17)12-20(2)19(21)9-8-14-10-11-23-13-14/h4-7,10-11,13H,3,8-9,12H2,1-2H3. The topological polar surface area (TPSA) is 33.5 Å². The van der Waals surface area contributed by atoms with Gasteiger partial charge in [-0.25, -0.2) is 0 Å². The average molecular weight is 327 g/mol. The van der Waals surface area contributed by atoms with Gasteiger partial charge in [0, 0.05) is 37.4 Å². The molecule has 0 spiro atoms. The van der Waals surface area contributed by atoms with Gasteiger partial charge in [0.15, 0.2) is 0 Å². The van der Waals surface area contributed by atoms with Crippen molar-refractivity contribution in [2.24, 2.45) is 0 Å². The van der Waals surface area contributed by atoms with Crippen LogP contribution in [0.3, 0.4) is 0 Å². The lowest BCUT2D eigenvalue weighted by Crippen LogP contribution is -2.26. The Hall–Kier alpha value is -2.07. The number of thiophene rings is 1. The summed E-state index contributed by atoms with van der Waals surface area (Å²) >= 11 is 1.67. The maximum atomic E-state index is 12.4. The molecule has 0 fully saturated rings. The SMILES string of the molecule is CCc1oc2ccccc2c1CN(C)C(=O)CCc1ccsc1. The molecule has 3 aromatic rings. The molecule has 1 amide bonds. The maximum Gasteiger partial charge on any atom is 0.222 e. The van der Waals surface area contributed by atoms with Gasteiger partial charge in [-0.1, -0.05) is 25.1 Å². The number of fused-ring (bicyclic) bond motifs is 1. The molecule has 4 heteroatoms. The molecule has 23 heavy (non-hydrogen) atoms. The van der Waals surface area contributed by atoms with E-state index in [1.165, 1.54) is 5.56 Å². The van der Waals surface area contributed by atoms with Crippen LogP contribution in [-0.4, -0.2) is 17.9 Å². The van der Waals surface area contributed by atoms with Crippen molar-refractivity contribution >= 4 is 28.2 Å². The summed E-state index contributed by atoms with van der Waals surface area (Å²) in [6, 6.07) is 10.1. The summed E-state index contributed by atoms with van der Waals surface area (Å²) in [6.07, 6.45) is 2.19. The number of aryl methyl sites for hydroxylation is 2. The summed E-state index contributed by atoms with van der Waals surface area (Å²) in [5.41, 5.74) is 3.27. The van der Waals surface area contributed by atoms with E-state index >= 15 is 0 Å². The molecule has 1 aromatic carbocycles. The highest BCUT2D eigenvalue weighted by Crippen LogP contribution is 2.27. The predicted octanol–water partition coefficient (Wildman–Crippen LogP) is 4.65. The van der Waals surface area contributed by atoms with Gasteiger partial charge in [-0.15, -0.1) is 0 Å². The zero-order chi connectivity index (χ0) is 16.2. The summed E-state index contributed by atoms with van der Waals surface area (Å²) in [5.74, 6) is 1.15. The Balaban J connectivity index is 1.71. The lowest BCUT2D eigenvalue weighted by Gasteiger charge is -2.17. The van der Waals surface area contributed by atoms with Crippen molar-refractivity contribution < 1.29 is 9.21 Å². The fraction of sp³-hybridized carbons (Fsp3) is 0.316. The molecule has 3 nitrogen and oxygen atoms in total. The van der Waals surface area contributed by atoms with Gasteiger partial charge in [0.25, 0.3) is 0 Å². The average Bonchev–Trinajstić information content (AvgIpc) is 3.20. The van der Waals surface area contributed by atoms with Crippen LogP contribution in [0.1, 0.15) is 30.2 Å². The summed E-state index contributed by atoms with van der Waals surface area (Å²) in [5, 5.41) is 5.27. The van der Waals surface area contributed by atoms with Crippen molar-refractivity contribution in [3.05, 3.63) is 58.0 Å². The lowest BCUT2D eigenvalue weighted by molar-refractivity contribution is -0.130. The Labute approximate surface area is 140 Å². The summed E-state index contributed by atoms with van der Waals surface area (Å²) in [6.45, 7) is 2.68. The largest absolute Gasteiger partial charge is 0.461 e. The molecule has 0 bridgehead atoms. The molecular formula is C19H21NO2S. The fourth-order valence-electron chi connectivity index (χ4n) is 2.81. The van der Waals surface area contributed by atoms with E-state index in [4.69, 9.17) is 4.42 Å². The molecule has 0 aliphatic carbocycles. The van der Waals surface area contributed by atoms with Gasteiger partial charge in [0.1, 0.15) is 11.3 Å². The molecule has 0 unspecified atom stereocenters. The Morgan fingerprint density at radius 1 is 1.26 bits per heavy atom. The minimum atomic E-state index is 0.170. The van der Waals surface area contributed by atoms with Crippen molar-refractivity contribution in [3.8, 4) is 0 Å². The second kappa shape index (κ2) is 7.01. The monoisotopic (exact) mass is 327 g/mol. The Morgan fingerprint density at radius 2 is 2.09 bits per heavy atom. The van der Waals surface area contributed by atoms with Gasteiger partial charge in [0.2, 0.25) is 5.91 Å². The number of amides is 1. The molecule has 0 aliphatic rings. The molecular weight excluding hydrogens is 306 g/mol. The van der Waals surface area contributed by atoms with Gasteiger partial charge in [-0.05, 0) is 34.9 Å². The third-order valence-electron chi connectivity index (χ3n) is 4.13. The first kappa shape index (κ1) is 15.8. The number of para-hydroxylation sites is 1. The molecule has 2 heterocycles. The Bertz CT molecular complexity index is 789. The predicted molar refractivity (Wildman–Crippen MR) is 94.7 cm³/mol. The molecule has 0 saturated carbocycles. The molecule has 3 rings (SSSR count). The summed E-state index contributed by atoms with van der Waals surface area (Å²) < 4.78 is 5.91. The van der Waals surface area contributed by atoms with E-state index in [-0.39, 0.29) is 5.91 Å². The minimum absolute atomic E-state index is 0.170. The lowest BCUT2D eigenvalue weighted by atomic mass is 10.1. The number of furan rings is 1. The fourth-order valence-corrected chi connectivity index (χ4v) is 3.51. The summed E-state index contributed by atoms with van der Waals surface area (Å²) in [4.78, 5) is 14.2. The number of nitrogens with zero attached hydrogens (tertiary/aromatic N) is 1. The van der Waals surface area contributed by atoms with Crippen molar-refractivity contribution in [2.75, 3.05) is 7.05 Å². The molecule has 0 radical (unpaired) electrons. The van der Waals surface area contributed by atoms with Crippen molar-refractivity contribution in [1.29, 1.82) is 0 Å². The van der Waals surface area contributed by atoms with Crippen LogP contribution < -0.4 is 0 Å². The second-order valence-electron chi connectivity index (χ2n) is 5.73. The van der Waals surface area contributed by atoms with Crippen LogP contribution in [-0.2, 0) is 24.2 Å². The van der Waals surface area contributed by atoms with Gasteiger partial charge in [-0.3, -0.25) is 4.79 Å². The van der Waals surface area contributed by atoms with Crippen LogP contribution in [0.5, 0.6) is 0 Å². The van der Waals surface area contributed by atoms with Gasteiger partial charge < -0.3 is 9.32 Å². The molecule has 0 aliphatic heterocycles. The van der Waals surface area contributed by atoms with Gasteiger partial charge in [-0.2, -0.15) is 11.3 Å². The Morgan fingerprint density at radius 3 is 2.83 bits per heavy atom. The number of hydrogen-bond donors (Lipinski definition) is 0. The smallest absolute Gasteiger partial charge is 0.222 e. The van der Waals surface area contributed by atoms with Gasteiger partial charge in [0.05, 0.1) is 0 Å². The quantitative estimate of drug-likeness (QED) is 0.660. The van der Waals surface area contributed by atoms with Crippen LogP contribution in [0.4, 0.5) is 0 Å².